The van der Waals surface area contributed by atoms with E-state index >= 15 is 0 Å². The van der Waals surface area contributed by atoms with Gasteiger partial charge in [0.1, 0.15) is 23.0 Å². The van der Waals surface area contributed by atoms with Crippen molar-refractivity contribution in [2.24, 2.45) is 5.73 Å². The number of nitrogens with zero attached hydrogens (tertiary/aromatic N) is 1. The highest BCUT2D eigenvalue weighted by atomic mass is 32.1. The number of aryl methyl sites for hydroxylation is 2. The van der Waals surface area contributed by atoms with Gasteiger partial charge in [0.15, 0.2) is 0 Å². The number of thiocarbonyl (C=S) groups is 1. The second kappa shape index (κ2) is 5.80. The molecular formula is C15H16N2OS. The molecule has 0 fully saturated rings. The van der Waals surface area contributed by atoms with Gasteiger partial charge < -0.3 is 10.5 Å². The van der Waals surface area contributed by atoms with Crippen molar-refractivity contribution in [2.45, 2.75) is 20.5 Å². The minimum atomic E-state index is 0.291. The molecule has 0 aliphatic carbocycles. The monoisotopic (exact) mass is 272 g/mol. The van der Waals surface area contributed by atoms with Gasteiger partial charge in [-0.25, -0.2) is 0 Å². The summed E-state index contributed by atoms with van der Waals surface area (Å²) < 4.78 is 5.76. The highest BCUT2D eigenvalue weighted by Gasteiger charge is 2.07. The minimum absolute atomic E-state index is 0.291. The number of pyridine rings is 1. The molecular weight excluding hydrogens is 256 g/mol. The number of hydrogen-bond donors (Lipinski definition) is 1. The van der Waals surface area contributed by atoms with E-state index in [0.29, 0.717) is 17.3 Å². The van der Waals surface area contributed by atoms with E-state index in [0.717, 1.165) is 11.3 Å². The maximum absolute atomic E-state index is 5.76. The molecule has 2 rings (SSSR count). The molecule has 3 nitrogen and oxygen atoms in total. The Balaban J connectivity index is 2.14. The van der Waals surface area contributed by atoms with E-state index in [1.54, 1.807) is 6.20 Å². The summed E-state index contributed by atoms with van der Waals surface area (Å²) in [5, 5.41) is 0. The first kappa shape index (κ1) is 13.5. The van der Waals surface area contributed by atoms with Crippen LogP contribution in [0, 0.1) is 13.8 Å². The van der Waals surface area contributed by atoms with Crippen LogP contribution in [0.4, 0.5) is 0 Å². The van der Waals surface area contributed by atoms with Crippen molar-refractivity contribution in [3.8, 4) is 5.75 Å². The maximum Gasteiger partial charge on any atom is 0.123 e. The summed E-state index contributed by atoms with van der Waals surface area (Å²) in [5.41, 5.74) is 9.62. The summed E-state index contributed by atoms with van der Waals surface area (Å²) in [4.78, 5) is 4.47. The van der Waals surface area contributed by atoms with Gasteiger partial charge in [0.25, 0.3) is 0 Å². The number of benzene rings is 1. The van der Waals surface area contributed by atoms with Crippen LogP contribution in [0.2, 0.25) is 0 Å². The zero-order chi connectivity index (χ0) is 13.8. The average molecular weight is 272 g/mol. The first-order valence-electron chi connectivity index (χ1n) is 6.01. The quantitative estimate of drug-likeness (QED) is 0.869. The van der Waals surface area contributed by atoms with E-state index < -0.39 is 0 Å². The fourth-order valence-electron chi connectivity index (χ4n) is 1.74. The molecule has 0 bridgehead atoms. The number of rotatable bonds is 4. The molecule has 0 unspecified atom stereocenters. The summed E-state index contributed by atoms with van der Waals surface area (Å²) in [7, 11) is 0. The van der Waals surface area contributed by atoms with Crippen LogP contribution >= 0.6 is 12.2 Å². The van der Waals surface area contributed by atoms with E-state index in [1.165, 1.54) is 11.1 Å². The summed E-state index contributed by atoms with van der Waals surface area (Å²) in [6, 6.07) is 9.79. The smallest absolute Gasteiger partial charge is 0.123 e. The number of aromatic nitrogens is 1. The predicted molar refractivity (Wildman–Crippen MR) is 80.4 cm³/mol. The molecule has 2 aromatic rings. The second-order valence-corrected chi connectivity index (χ2v) is 4.85. The lowest BCUT2D eigenvalue weighted by Crippen LogP contribution is -2.15. The Morgan fingerprint density at radius 1 is 1.26 bits per heavy atom. The molecule has 0 spiro atoms. The Hall–Kier alpha value is -1.94. The lowest BCUT2D eigenvalue weighted by molar-refractivity contribution is 0.305. The van der Waals surface area contributed by atoms with Gasteiger partial charge in [-0.3, -0.25) is 4.98 Å². The van der Waals surface area contributed by atoms with Crippen LogP contribution in [0.15, 0.2) is 36.5 Å². The maximum atomic E-state index is 5.76. The second-order valence-electron chi connectivity index (χ2n) is 4.41. The number of ether oxygens (including phenoxy) is 1. The molecule has 0 amide bonds. The van der Waals surface area contributed by atoms with Gasteiger partial charge in [-0.2, -0.15) is 0 Å². The fraction of sp³-hybridized carbons (Fsp3) is 0.200. The van der Waals surface area contributed by atoms with E-state index in [4.69, 9.17) is 22.7 Å². The molecule has 2 N–H and O–H groups in total. The fourth-order valence-corrected chi connectivity index (χ4v) is 1.93. The normalized spacial score (nSPS) is 10.2. The van der Waals surface area contributed by atoms with Crippen molar-refractivity contribution < 1.29 is 4.74 Å². The third-order valence-electron chi connectivity index (χ3n) is 3.00. The van der Waals surface area contributed by atoms with Gasteiger partial charge in [-0.1, -0.05) is 24.4 Å². The molecule has 0 atom stereocenters. The van der Waals surface area contributed by atoms with Gasteiger partial charge in [0.05, 0.1) is 0 Å². The standard InChI is InChI=1S/C15H16N2OS/c1-10-5-6-13(8-11(10)2)18-9-12-4-3-7-17-14(12)15(16)19/h3-8H,9H2,1-2H3,(H2,16,19). The van der Waals surface area contributed by atoms with Crippen molar-refractivity contribution in [1.29, 1.82) is 0 Å². The Kier molecular flexibility index (Phi) is 4.12. The van der Waals surface area contributed by atoms with Crippen LogP contribution in [-0.4, -0.2) is 9.97 Å². The molecule has 0 radical (unpaired) electrons. The highest BCUT2D eigenvalue weighted by molar-refractivity contribution is 7.80. The van der Waals surface area contributed by atoms with Gasteiger partial charge in [0.2, 0.25) is 0 Å². The first-order valence-corrected chi connectivity index (χ1v) is 6.42. The van der Waals surface area contributed by atoms with Gasteiger partial charge in [0, 0.05) is 11.8 Å². The molecule has 0 aliphatic heterocycles. The van der Waals surface area contributed by atoms with E-state index in [1.807, 2.05) is 30.3 Å². The van der Waals surface area contributed by atoms with Crippen LogP contribution in [0.3, 0.4) is 0 Å². The summed E-state index contributed by atoms with van der Waals surface area (Å²) in [6.45, 7) is 4.54. The minimum Gasteiger partial charge on any atom is -0.489 e. The van der Waals surface area contributed by atoms with Gasteiger partial charge in [-0.05, 0) is 43.2 Å². The number of nitrogens with two attached hydrogens (primary N) is 1. The van der Waals surface area contributed by atoms with Crippen molar-refractivity contribution in [3.05, 3.63) is 58.9 Å². The SMILES string of the molecule is Cc1ccc(OCc2cccnc2C(N)=S)cc1C. The third kappa shape index (κ3) is 3.29. The van der Waals surface area contributed by atoms with E-state index in [-0.39, 0.29) is 0 Å². The molecule has 19 heavy (non-hydrogen) atoms. The Morgan fingerprint density at radius 3 is 2.74 bits per heavy atom. The van der Waals surface area contributed by atoms with Crippen molar-refractivity contribution in [1.82, 2.24) is 4.98 Å². The zero-order valence-electron chi connectivity index (χ0n) is 11.0. The van der Waals surface area contributed by atoms with Crippen LogP contribution in [0.25, 0.3) is 0 Å². The molecule has 0 saturated carbocycles. The van der Waals surface area contributed by atoms with E-state index in [9.17, 15) is 0 Å². The van der Waals surface area contributed by atoms with Crippen molar-refractivity contribution >= 4 is 17.2 Å². The lowest BCUT2D eigenvalue weighted by Gasteiger charge is -2.10. The van der Waals surface area contributed by atoms with Crippen molar-refractivity contribution in [3.63, 3.8) is 0 Å². The Labute approximate surface area is 118 Å². The highest BCUT2D eigenvalue weighted by Crippen LogP contribution is 2.18. The van der Waals surface area contributed by atoms with Gasteiger partial charge >= 0.3 is 0 Å². The average Bonchev–Trinajstić information content (AvgIpc) is 2.40. The van der Waals surface area contributed by atoms with Crippen molar-refractivity contribution in [2.75, 3.05) is 0 Å². The van der Waals surface area contributed by atoms with E-state index in [2.05, 4.69) is 18.8 Å². The Morgan fingerprint density at radius 2 is 2.05 bits per heavy atom. The predicted octanol–water partition coefficient (Wildman–Crippen LogP) is 2.91. The largest absolute Gasteiger partial charge is 0.489 e. The van der Waals surface area contributed by atoms with Crippen LogP contribution < -0.4 is 10.5 Å². The molecule has 4 heteroatoms. The third-order valence-corrected chi connectivity index (χ3v) is 3.19. The molecule has 98 valence electrons. The summed E-state index contributed by atoms with van der Waals surface area (Å²) >= 11 is 4.98. The zero-order valence-corrected chi connectivity index (χ0v) is 11.8. The van der Waals surface area contributed by atoms with Crippen LogP contribution in [0.5, 0.6) is 5.75 Å². The molecule has 1 heterocycles. The summed E-state index contributed by atoms with van der Waals surface area (Å²) in [5.74, 6) is 0.834. The molecule has 0 saturated heterocycles. The molecule has 0 aliphatic rings. The van der Waals surface area contributed by atoms with Gasteiger partial charge in [-0.15, -0.1) is 0 Å². The Bertz CT molecular complexity index is 611. The topological polar surface area (TPSA) is 48.1 Å². The molecule has 1 aromatic carbocycles. The first-order chi connectivity index (χ1) is 9.08. The molecule has 1 aromatic heterocycles. The van der Waals surface area contributed by atoms with Crippen LogP contribution in [-0.2, 0) is 6.61 Å². The summed E-state index contributed by atoms with van der Waals surface area (Å²) in [6.07, 6.45) is 1.67. The number of hydrogen-bond acceptors (Lipinski definition) is 3. The lowest BCUT2D eigenvalue weighted by atomic mass is 10.1. The van der Waals surface area contributed by atoms with Crippen LogP contribution in [0.1, 0.15) is 22.4 Å².